The van der Waals surface area contributed by atoms with Crippen LogP contribution >= 0.6 is 0 Å². The highest BCUT2D eigenvalue weighted by Crippen LogP contribution is 2.17. The first-order valence-corrected chi connectivity index (χ1v) is 7.51. The van der Waals surface area contributed by atoms with E-state index < -0.39 is 0 Å². The van der Waals surface area contributed by atoms with E-state index in [1.165, 1.54) is 5.56 Å². The number of benzene rings is 2. The summed E-state index contributed by atoms with van der Waals surface area (Å²) in [5, 5.41) is 3.29. The lowest BCUT2D eigenvalue weighted by Crippen LogP contribution is -2.11. The lowest BCUT2D eigenvalue weighted by Gasteiger charge is -2.09. The Morgan fingerprint density at radius 3 is 1.77 bits per heavy atom. The van der Waals surface area contributed by atoms with Crippen LogP contribution in [-0.4, -0.2) is 26.9 Å². The number of methoxy groups -OCH3 is 1. The molecule has 0 heterocycles. The molecule has 22 heavy (non-hydrogen) atoms. The maximum Gasteiger partial charge on any atom is 0.122 e. The Labute approximate surface area is 132 Å². The van der Waals surface area contributed by atoms with Gasteiger partial charge in [0.1, 0.15) is 30.5 Å². The van der Waals surface area contributed by atoms with Gasteiger partial charge in [0.2, 0.25) is 0 Å². The van der Waals surface area contributed by atoms with Crippen LogP contribution in [0.5, 0.6) is 17.2 Å². The molecule has 118 valence electrons. The Hall–Kier alpha value is -2.20. The monoisotopic (exact) mass is 301 g/mol. The molecule has 0 spiro atoms. The van der Waals surface area contributed by atoms with Crippen LogP contribution in [-0.2, 0) is 6.54 Å². The zero-order chi connectivity index (χ0) is 15.6. The molecule has 0 amide bonds. The van der Waals surface area contributed by atoms with Crippen molar-refractivity contribution in [3.63, 3.8) is 0 Å². The van der Waals surface area contributed by atoms with Crippen LogP contribution in [0.25, 0.3) is 0 Å². The van der Waals surface area contributed by atoms with Crippen molar-refractivity contribution in [3.8, 4) is 17.2 Å². The summed E-state index contributed by atoms with van der Waals surface area (Å²) in [6.07, 6.45) is 0. The number of hydrogen-bond donors (Lipinski definition) is 1. The molecular formula is C18H23NO3. The largest absolute Gasteiger partial charge is 0.497 e. The molecule has 0 aliphatic heterocycles. The van der Waals surface area contributed by atoms with Crippen LogP contribution in [0.15, 0.2) is 48.5 Å². The average molecular weight is 301 g/mol. The maximum absolute atomic E-state index is 5.66. The molecule has 2 rings (SSSR count). The molecule has 0 bridgehead atoms. The van der Waals surface area contributed by atoms with Gasteiger partial charge in [-0.2, -0.15) is 0 Å². The Kier molecular flexibility index (Phi) is 6.58. The van der Waals surface area contributed by atoms with Crippen molar-refractivity contribution in [2.24, 2.45) is 0 Å². The quantitative estimate of drug-likeness (QED) is 0.722. The molecular weight excluding hydrogens is 278 g/mol. The van der Waals surface area contributed by atoms with Gasteiger partial charge in [0.05, 0.1) is 7.11 Å². The van der Waals surface area contributed by atoms with Gasteiger partial charge in [0, 0.05) is 6.54 Å². The molecule has 0 saturated carbocycles. The molecule has 0 atom stereocenters. The Balaban J connectivity index is 1.69. The third-order valence-corrected chi connectivity index (χ3v) is 3.18. The molecule has 0 fully saturated rings. The van der Waals surface area contributed by atoms with Crippen molar-refractivity contribution in [3.05, 3.63) is 54.1 Å². The van der Waals surface area contributed by atoms with E-state index in [2.05, 4.69) is 24.4 Å². The summed E-state index contributed by atoms with van der Waals surface area (Å²) >= 11 is 0. The standard InChI is InChI=1S/C18H23NO3/c1-3-19-14-15-4-6-17(7-5-15)21-12-13-22-18-10-8-16(20-2)9-11-18/h4-11,19H,3,12-14H2,1-2H3. The van der Waals surface area contributed by atoms with Gasteiger partial charge >= 0.3 is 0 Å². The predicted molar refractivity (Wildman–Crippen MR) is 87.8 cm³/mol. The fourth-order valence-electron chi connectivity index (χ4n) is 1.96. The lowest BCUT2D eigenvalue weighted by atomic mass is 10.2. The number of hydrogen-bond acceptors (Lipinski definition) is 4. The van der Waals surface area contributed by atoms with Gasteiger partial charge in [-0.25, -0.2) is 0 Å². The number of rotatable bonds is 9. The third-order valence-electron chi connectivity index (χ3n) is 3.18. The number of nitrogens with one attached hydrogen (secondary N) is 1. The van der Waals surface area contributed by atoms with Crippen molar-refractivity contribution in [2.45, 2.75) is 13.5 Å². The van der Waals surface area contributed by atoms with Crippen LogP contribution in [0, 0.1) is 0 Å². The summed E-state index contributed by atoms with van der Waals surface area (Å²) in [6.45, 7) is 4.97. The molecule has 0 radical (unpaired) electrons. The summed E-state index contributed by atoms with van der Waals surface area (Å²) in [5.41, 5.74) is 1.25. The molecule has 0 unspecified atom stereocenters. The van der Waals surface area contributed by atoms with Gasteiger partial charge in [-0.3, -0.25) is 0 Å². The van der Waals surface area contributed by atoms with E-state index >= 15 is 0 Å². The van der Waals surface area contributed by atoms with E-state index in [0.717, 1.165) is 30.3 Å². The van der Waals surface area contributed by atoms with Crippen molar-refractivity contribution < 1.29 is 14.2 Å². The minimum absolute atomic E-state index is 0.505. The first-order chi connectivity index (χ1) is 10.8. The van der Waals surface area contributed by atoms with Crippen LogP contribution in [0.1, 0.15) is 12.5 Å². The van der Waals surface area contributed by atoms with Crippen LogP contribution in [0.3, 0.4) is 0 Å². The van der Waals surface area contributed by atoms with Crippen molar-refractivity contribution >= 4 is 0 Å². The summed E-state index contributed by atoms with van der Waals surface area (Å²) in [4.78, 5) is 0. The van der Waals surface area contributed by atoms with Gasteiger partial charge in [-0.15, -0.1) is 0 Å². The second-order valence-corrected chi connectivity index (χ2v) is 4.80. The van der Waals surface area contributed by atoms with Crippen molar-refractivity contribution in [2.75, 3.05) is 26.9 Å². The van der Waals surface area contributed by atoms with E-state index in [1.54, 1.807) is 7.11 Å². The molecule has 4 nitrogen and oxygen atoms in total. The van der Waals surface area contributed by atoms with Crippen molar-refractivity contribution in [1.82, 2.24) is 5.32 Å². The fourth-order valence-corrected chi connectivity index (χ4v) is 1.96. The minimum Gasteiger partial charge on any atom is -0.497 e. The Morgan fingerprint density at radius 1 is 0.773 bits per heavy atom. The topological polar surface area (TPSA) is 39.7 Å². The lowest BCUT2D eigenvalue weighted by molar-refractivity contribution is 0.217. The van der Waals surface area contributed by atoms with E-state index in [4.69, 9.17) is 14.2 Å². The third kappa shape index (κ3) is 5.30. The molecule has 1 N–H and O–H groups in total. The molecule has 2 aromatic carbocycles. The molecule has 0 saturated heterocycles. The summed E-state index contributed by atoms with van der Waals surface area (Å²) in [6, 6.07) is 15.6. The van der Waals surface area contributed by atoms with Gasteiger partial charge in [0.15, 0.2) is 0 Å². The normalized spacial score (nSPS) is 10.3. The average Bonchev–Trinajstić information content (AvgIpc) is 2.58. The first-order valence-electron chi connectivity index (χ1n) is 7.51. The highest BCUT2D eigenvalue weighted by atomic mass is 16.5. The molecule has 0 aliphatic rings. The van der Waals surface area contributed by atoms with Crippen molar-refractivity contribution in [1.29, 1.82) is 0 Å². The SMILES string of the molecule is CCNCc1ccc(OCCOc2ccc(OC)cc2)cc1. The minimum atomic E-state index is 0.505. The fraction of sp³-hybridized carbons (Fsp3) is 0.333. The molecule has 4 heteroatoms. The Bertz CT molecular complexity index is 537. The smallest absolute Gasteiger partial charge is 0.122 e. The van der Waals surface area contributed by atoms with Gasteiger partial charge in [0.25, 0.3) is 0 Å². The summed E-state index contributed by atoms with van der Waals surface area (Å²) < 4.78 is 16.4. The van der Waals surface area contributed by atoms with Crippen LogP contribution in [0.2, 0.25) is 0 Å². The van der Waals surface area contributed by atoms with Gasteiger partial charge in [-0.05, 0) is 48.5 Å². The Morgan fingerprint density at radius 2 is 1.27 bits per heavy atom. The predicted octanol–water partition coefficient (Wildman–Crippen LogP) is 3.26. The zero-order valence-electron chi connectivity index (χ0n) is 13.2. The summed E-state index contributed by atoms with van der Waals surface area (Å²) in [7, 11) is 1.65. The van der Waals surface area contributed by atoms with E-state index in [0.29, 0.717) is 13.2 Å². The molecule has 0 aliphatic carbocycles. The zero-order valence-corrected chi connectivity index (χ0v) is 13.2. The molecule has 0 aromatic heterocycles. The van der Waals surface area contributed by atoms with Gasteiger partial charge in [-0.1, -0.05) is 19.1 Å². The first kappa shape index (κ1) is 16.2. The summed E-state index contributed by atoms with van der Waals surface area (Å²) in [5.74, 6) is 2.49. The maximum atomic E-state index is 5.66. The van der Waals surface area contributed by atoms with Crippen LogP contribution < -0.4 is 19.5 Å². The van der Waals surface area contributed by atoms with Crippen LogP contribution in [0.4, 0.5) is 0 Å². The second kappa shape index (κ2) is 8.95. The number of ether oxygens (including phenoxy) is 3. The highest BCUT2D eigenvalue weighted by Gasteiger charge is 1.98. The van der Waals surface area contributed by atoms with E-state index in [9.17, 15) is 0 Å². The molecule has 2 aromatic rings. The highest BCUT2D eigenvalue weighted by molar-refractivity contribution is 5.31. The van der Waals surface area contributed by atoms with E-state index in [-0.39, 0.29) is 0 Å². The van der Waals surface area contributed by atoms with E-state index in [1.807, 2.05) is 36.4 Å². The van der Waals surface area contributed by atoms with Gasteiger partial charge < -0.3 is 19.5 Å². The second-order valence-electron chi connectivity index (χ2n) is 4.80.